The Kier molecular flexibility index (Phi) is 3.61. The number of carbonyl (C=O) groups excluding carboxylic acids is 1. The van der Waals surface area contributed by atoms with Gasteiger partial charge in [0.2, 0.25) is 0 Å². The first kappa shape index (κ1) is 12.7. The largest absolute Gasteiger partial charge is 0.444 e. The summed E-state index contributed by atoms with van der Waals surface area (Å²) in [5.41, 5.74) is -0.410. The molecule has 0 bridgehead atoms. The van der Waals surface area contributed by atoms with Crippen molar-refractivity contribution in [2.24, 2.45) is 5.92 Å². The molecule has 1 aliphatic carbocycles. The lowest BCUT2D eigenvalue weighted by atomic mass is 9.91. The summed E-state index contributed by atoms with van der Waals surface area (Å²) in [4.78, 5) is 11.7. The fraction of sp³-hybridized carbons (Fsp3) is 0.923. The number of carbonyl (C=O) groups is 1. The van der Waals surface area contributed by atoms with Gasteiger partial charge in [0.05, 0.1) is 0 Å². The Morgan fingerprint density at radius 3 is 2.76 bits per heavy atom. The number of rotatable bonds is 1. The number of ether oxygens (including phenoxy) is 1. The van der Waals surface area contributed by atoms with Gasteiger partial charge >= 0.3 is 6.09 Å². The van der Waals surface area contributed by atoms with Gasteiger partial charge in [0, 0.05) is 12.1 Å². The first-order valence-electron chi connectivity index (χ1n) is 6.68. The maximum atomic E-state index is 11.7. The number of piperidine rings is 1. The van der Waals surface area contributed by atoms with Crippen molar-refractivity contribution in [1.29, 1.82) is 0 Å². The number of alkyl carbamates (subject to hydrolysis) is 1. The maximum Gasteiger partial charge on any atom is 0.407 e. The van der Waals surface area contributed by atoms with E-state index < -0.39 is 5.60 Å². The van der Waals surface area contributed by atoms with Crippen LogP contribution in [0, 0.1) is 5.92 Å². The van der Waals surface area contributed by atoms with E-state index in [1.807, 2.05) is 20.8 Å². The van der Waals surface area contributed by atoms with Gasteiger partial charge in [-0.1, -0.05) is 0 Å². The van der Waals surface area contributed by atoms with Crippen LogP contribution in [0.15, 0.2) is 0 Å². The molecule has 1 saturated heterocycles. The molecule has 0 aromatic heterocycles. The van der Waals surface area contributed by atoms with Gasteiger partial charge in [-0.05, 0) is 58.9 Å². The second-order valence-electron chi connectivity index (χ2n) is 6.20. The van der Waals surface area contributed by atoms with Crippen LogP contribution in [0.25, 0.3) is 0 Å². The van der Waals surface area contributed by atoms with E-state index >= 15 is 0 Å². The van der Waals surface area contributed by atoms with E-state index in [4.69, 9.17) is 4.74 Å². The molecule has 2 rings (SSSR count). The zero-order chi connectivity index (χ0) is 12.5. The minimum absolute atomic E-state index is 0.270. The summed E-state index contributed by atoms with van der Waals surface area (Å²) in [6.07, 6.45) is 4.41. The van der Waals surface area contributed by atoms with E-state index in [0.29, 0.717) is 18.0 Å². The topological polar surface area (TPSA) is 50.4 Å². The number of fused-ring (bicyclic) bond motifs is 1. The third kappa shape index (κ3) is 3.35. The van der Waals surface area contributed by atoms with E-state index in [1.165, 1.54) is 19.3 Å². The van der Waals surface area contributed by atoms with Gasteiger partial charge in [0.1, 0.15) is 5.60 Å². The lowest BCUT2D eigenvalue weighted by molar-refractivity contribution is 0.0487. The average molecular weight is 240 g/mol. The van der Waals surface area contributed by atoms with Crippen molar-refractivity contribution < 1.29 is 9.53 Å². The molecule has 1 aliphatic heterocycles. The van der Waals surface area contributed by atoms with Crippen molar-refractivity contribution in [2.75, 3.05) is 6.54 Å². The number of amides is 1. The molecular formula is C13H24N2O2. The van der Waals surface area contributed by atoms with E-state index in [9.17, 15) is 4.79 Å². The number of hydrogen-bond acceptors (Lipinski definition) is 3. The summed E-state index contributed by atoms with van der Waals surface area (Å²) in [6, 6.07) is 0.895. The fourth-order valence-corrected chi connectivity index (χ4v) is 2.99. The highest BCUT2D eigenvalue weighted by Crippen LogP contribution is 2.32. The van der Waals surface area contributed by atoms with Crippen LogP contribution in [-0.2, 0) is 4.74 Å². The molecule has 2 N–H and O–H groups in total. The minimum atomic E-state index is -0.410. The summed E-state index contributed by atoms with van der Waals surface area (Å²) >= 11 is 0. The minimum Gasteiger partial charge on any atom is -0.444 e. The highest BCUT2D eigenvalue weighted by Gasteiger charge is 2.38. The van der Waals surface area contributed by atoms with Crippen LogP contribution in [0.5, 0.6) is 0 Å². The van der Waals surface area contributed by atoms with Gasteiger partial charge in [0.25, 0.3) is 0 Å². The van der Waals surface area contributed by atoms with Crippen LogP contribution < -0.4 is 10.6 Å². The van der Waals surface area contributed by atoms with Gasteiger partial charge < -0.3 is 15.4 Å². The molecule has 0 aromatic carbocycles. The van der Waals surface area contributed by atoms with E-state index in [0.717, 1.165) is 13.0 Å². The summed E-state index contributed by atoms with van der Waals surface area (Å²) in [5.74, 6) is 0.594. The first-order chi connectivity index (χ1) is 7.96. The summed E-state index contributed by atoms with van der Waals surface area (Å²) < 4.78 is 5.31. The Labute approximate surface area is 103 Å². The Hall–Kier alpha value is -0.770. The Morgan fingerprint density at radius 2 is 2.06 bits per heavy atom. The molecule has 1 amide bonds. The molecule has 0 aromatic rings. The normalized spacial score (nSPS) is 33.0. The molecular weight excluding hydrogens is 216 g/mol. The molecule has 3 unspecified atom stereocenters. The van der Waals surface area contributed by atoms with E-state index in [2.05, 4.69) is 10.6 Å². The monoisotopic (exact) mass is 240 g/mol. The van der Waals surface area contributed by atoms with Crippen LogP contribution in [0.3, 0.4) is 0 Å². The number of hydrogen-bond donors (Lipinski definition) is 2. The molecule has 4 heteroatoms. The molecule has 1 heterocycles. The average Bonchev–Trinajstić information content (AvgIpc) is 2.59. The van der Waals surface area contributed by atoms with Crippen molar-refractivity contribution in [3.63, 3.8) is 0 Å². The Morgan fingerprint density at radius 1 is 1.29 bits per heavy atom. The smallest absolute Gasteiger partial charge is 0.407 e. The third-order valence-electron chi connectivity index (χ3n) is 3.65. The van der Waals surface area contributed by atoms with Crippen molar-refractivity contribution >= 4 is 6.09 Å². The van der Waals surface area contributed by atoms with Crippen LogP contribution in [-0.4, -0.2) is 30.3 Å². The van der Waals surface area contributed by atoms with Crippen LogP contribution in [0.4, 0.5) is 4.79 Å². The van der Waals surface area contributed by atoms with Gasteiger partial charge in [-0.2, -0.15) is 0 Å². The van der Waals surface area contributed by atoms with Gasteiger partial charge in [-0.15, -0.1) is 0 Å². The number of nitrogens with one attached hydrogen (secondary N) is 2. The molecule has 0 radical (unpaired) electrons. The van der Waals surface area contributed by atoms with E-state index in [1.54, 1.807) is 0 Å². The standard InChI is InChI=1S/C13H24N2O2/c1-13(2,3)17-12(16)15-11-7-6-10-9(11)5-4-8-14-10/h9-11,14H,4-8H2,1-3H3,(H,15,16). The zero-order valence-corrected chi connectivity index (χ0v) is 11.1. The Balaban J connectivity index is 1.85. The third-order valence-corrected chi connectivity index (χ3v) is 3.65. The molecule has 2 aliphatic rings. The van der Waals surface area contributed by atoms with E-state index in [-0.39, 0.29) is 6.09 Å². The molecule has 0 spiro atoms. The first-order valence-corrected chi connectivity index (χ1v) is 6.68. The van der Waals surface area contributed by atoms with Crippen molar-refractivity contribution in [2.45, 2.75) is 64.1 Å². The van der Waals surface area contributed by atoms with Crippen molar-refractivity contribution in [3.8, 4) is 0 Å². The molecule has 1 saturated carbocycles. The lowest BCUT2D eigenvalue weighted by Crippen LogP contribution is -2.47. The van der Waals surface area contributed by atoms with Crippen LogP contribution in [0.1, 0.15) is 46.5 Å². The van der Waals surface area contributed by atoms with Gasteiger partial charge in [0.15, 0.2) is 0 Å². The zero-order valence-electron chi connectivity index (χ0n) is 11.1. The summed E-state index contributed by atoms with van der Waals surface area (Å²) in [6.45, 7) is 6.81. The summed E-state index contributed by atoms with van der Waals surface area (Å²) in [5, 5.41) is 6.57. The lowest BCUT2D eigenvalue weighted by Gasteiger charge is -2.31. The Bertz CT molecular complexity index is 286. The SMILES string of the molecule is CC(C)(C)OC(=O)NC1CCC2NCCCC21. The van der Waals surface area contributed by atoms with Gasteiger partial charge in [-0.25, -0.2) is 4.79 Å². The highest BCUT2D eigenvalue weighted by atomic mass is 16.6. The quantitative estimate of drug-likeness (QED) is 0.737. The van der Waals surface area contributed by atoms with Crippen LogP contribution in [0.2, 0.25) is 0 Å². The molecule has 98 valence electrons. The second-order valence-corrected chi connectivity index (χ2v) is 6.20. The predicted octanol–water partition coefficient (Wildman–Crippen LogP) is 2.04. The van der Waals surface area contributed by atoms with Gasteiger partial charge in [-0.3, -0.25) is 0 Å². The molecule has 3 atom stereocenters. The molecule has 2 fully saturated rings. The summed E-state index contributed by atoms with van der Waals surface area (Å²) in [7, 11) is 0. The second kappa shape index (κ2) is 4.84. The molecule has 17 heavy (non-hydrogen) atoms. The van der Waals surface area contributed by atoms with Crippen molar-refractivity contribution in [3.05, 3.63) is 0 Å². The van der Waals surface area contributed by atoms with Crippen molar-refractivity contribution in [1.82, 2.24) is 10.6 Å². The molecule has 4 nitrogen and oxygen atoms in total. The fourth-order valence-electron chi connectivity index (χ4n) is 2.99. The van der Waals surface area contributed by atoms with Crippen LogP contribution >= 0.6 is 0 Å². The maximum absolute atomic E-state index is 11.7. The highest BCUT2D eigenvalue weighted by molar-refractivity contribution is 5.68. The predicted molar refractivity (Wildman–Crippen MR) is 66.9 cm³/mol.